The van der Waals surface area contributed by atoms with Crippen molar-refractivity contribution < 1.29 is 4.79 Å². The first-order chi connectivity index (χ1) is 9.28. The highest BCUT2D eigenvalue weighted by atomic mass is 16.2. The lowest BCUT2D eigenvalue weighted by atomic mass is 10.4. The monoisotopic (exact) mass is 262 g/mol. The molecule has 2 fully saturated rings. The van der Waals surface area contributed by atoms with Crippen LogP contribution in [0.4, 0.5) is 0 Å². The summed E-state index contributed by atoms with van der Waals surface area (Å²) in [7, 11) is 0. The third-order valence-electron chi connectivity index (χ3n) is 3.88. The predicted molar refractivity (Wildman–Crippen MR) is 72.5 cm³/mol. The number of hydrogen-bond acceptors (Lipinski definition) is 3. The van der Waals surface area contributed by atoms with E-state index in [9.17, 15) is 4.79 Å². The van der Waals surface area contributed by atoms with Gasteiger partial charge in [0.15, 0.2) is 0 Å². The van der Waals surface area contributed by atoms with E-state index in [4.69, 9.17) is 0 Å². The Morgan fingerprint density at radius 2 is 2.26 bits per heavy atom. The van der Waals surface area contributed by atoms with E-state index >= 15 is 0 Å². The second-order valence-electron chi connectivity index (χ2n) is 5.54. The molecule has 2 saturated carbocycles. The molecule has 5 nitrogen and oxygen atoms in total. The molecular weight excluding hydrogens is 240 g/mol. The van der Waals surface area contributed by atoms with Crippen LogP contribution in [0.25, 0.3) is 0 Å². The molecule has 1 heterocycles. The van der Waals surface area contributed by atoms with Gasteiger partial charge in [-0.15, -0.1) is 0 Å². The first-order valence-electron chi connectivity index (χ1n) is 7.30. The summed E-state index contributed by atoms with van der Waals surface area (Å²) >= 11 is 0. The number of imidazole rings is 1. The fourth-order valence-corrected chi connectivity index (χ4v) is 2.44. The van der Waals surface area contributed by atoms with Crippen molar-refractivity contribution in [2.24, 2.45) is 0 Å². The van der Waals surface area contributed by atoms with Crippen LogP contribution in [0.15, 0.2) is 12.4 Å². The molecule has 0 aliphatic heterocycles. The van der Waals surface area contributed by atoms with Crippen LogP contribution in [0.5, 0.6) is 0 Å². The highest BCUT2D eigenvalue weighted by Crippen LogP contribution is 2.26. The molecule has 1 aromatic heterocycles. The van der Waals surface area contributed by atoms with Crippen molar-refractivity contribution >= 4 is 5.91 Å². The van der Waals surface area contributed by atoms with Gasteiger partial charge in [0.2, 0.25) is 5.91 Å². The number of likely N-dealkylation sites (N-methyl/N-ethyl adjacent to an activating group) is 1. The normalized spacial score (nSPS) is 18.6. The lowest BCUT2D eigenvalue weighted by Crippen LogP contribution is -2.36. The molecule has 104 valence electrons. The number of nitrogens with one attached hydrogen (secondary N) is 1. The maximum absolute atomic E-state index is 12.3. The summed E-state index contributed by atoms with van der Waals surface area (Å²) in [5.74, 6) is 1.18. The van der Waals surface area contributed by atoms with Crippen molar-refractivity contribution in [3.63, 3.8) is 0 Å². The maximum atomic E-state index is 12.3. The number of amides is 1. The van der Waals surface area contributed by atoms with Crippen molar-refractivity contribution in [2.45, 2.75) is 57.8 Å². The lowest BCUT2D eigenvalue weighted by molar-refractivity contribution is -0.132. The molecule has 3 rings (SSSR count). The topological polar surface area (TPSA) is 50.2 Å². The van der Waals surface area contributed by atoms with Gasteiger partial charge in [-0.3, -0.25) is 4.79 Å². The van der Waals surface area contributed by atoms with Gasteiger partial charge in [-0.1, -0.05) is 0 Å². The van der Waals surface area contributed by atoms with Crippen molar-refractivity contribution in [2.75, 3.05) is 6.54 Å². The fraction of sp³-hybridized carbons (Fsp3) is 0.714. The van der Waals surface area contributed by atoms with Gasteiger partial charge in [-0.05, 0) is 32.6 Å². The number of rotatable bonds is 7. The summed E-state index contributed by atoms with van der Waals surface area (Å²) in [5, 5.41) is 3.44. The van der Waals surface area contributed by atoms with E-state index in [1.807, 2.05) is 15.7 Å². The van der Waals surface area contributed by atoms with Crippen LogP contribution in [0.1, 0.15) is 38.4 Å². The zero-order chi connectivity index (χ0) is 13.2. The van der Waals surface area contributed by atoms with Crippen LogP contribution < -0.4 is 5.32 Å². The van der Waals surface area contributed by atoms with Gasteiger partial charge >= 0.3 is 0 Å². The highest BCUT2D eigenvalue weighted by Gasteiger charge is 2.31. The van der Waals surface area contributed by atoms with Crippen molar-refractivity contribution in [1.82, 2.24) is 19.8 Å². The summed E-state index contributed by atoms with van der Waals surface area (Å²) < 4.78 is 1.97. The van der Waals surface area contributed by atoms with Crippen LogP contribution >= 0.6 is 0 Å². The third kappa shape index (κ3) is 3.15. The Morgan fingerprint density at radius 3 is 2.89 bits per heavy atom. The fourth-order valence-electron chi connectivity index (χ4n) is 2.44. The van der Waals surface area contributed by atoms with Crippen molar-refractivity contribution in [3.05, 3.63) is 18.2 Å². The summed E-state index contributed by atoms with van der Waals surface area (Å²) in [6.07, 6.45) is 8.56. The molecule has 2 aliphatic rings. The molecule has 0 saturated heterocycles. The van der Waals surface area contributed by atoms with E-state index < -0.39 is 0 Å². The van der Waals surface area contributed by atoms with Gasteiger partial charge in [0.25, 0.3) is 0 Å². The summed E-state index contributed by atoms with van der Waals surface area (Å²) in [6.45, 7) is 4.06. The van der Waals surface area contributed by atoms with E-state index in [1.54, 1.807) is 6.20 Å². The van der Waals surface area contributed by atoms with Gasteiger partial charge in [-0.2, -0.15) is 0 Å². The second-order valence-corrected chi connectivity index (χ2v) is 5.54. The standard InChI is InChI=1S/C14H22N4O/c1-2-18(12-5-6-12)14(19)10-17-8-7-15-13(17)9-16-11-3-4-11/h7-8,11-12,16H,2-6,9-10H2,1H3. The van der Waals surface area contributed by atoms with Crippen LogP contribution in [-0.2, 0) is 17.9 Å². The molecule has 0 radical (unpaired) electrons. The Hall–Kier alpha value is -1.36. The molecule has 19 heavy (non-hydrogen) atoms. The molecule has 0 unspecified atom stereocenters. The molecule has 0 aromatic carbocycles. The predicted octanol–water partition coefficient (Wildman–Crippen LogP) is 1.15. The Balaban J connectivity index is 1.58. The number of nitrogens with zero attached hydrogens (tertiary/aromatic N) is 3. The quantitative estimate of drug-likeness (QED) is 0.802. The van der Waals surface area contributed by atoms with Crippen LogP contribution in [0, 0.1) is 0 Å². The Labute approximate surface area is 114 Å². The van der Waals surface area contributed by atoms with Crippen molar-refractivity contribution in [3.8, 4) is 0 Å². The van der Waals surface area contributed by atoms with E-state index in [-0.39, 0.29) is 5.91 Å². The minimum absolute atomic E-state index is 0.218. The first-order valence-corrected chi connectivity index (χ1v) is 7.30. The van der Waals surface area contributed by atoms with E-state index in [2.05, 4.69) is 17.2 Å². The average Bonchev–Trinajstić information content (AvgIpc) is 3.30. The molecule has 1 aromatic rings. The van der Waals surface area contributed by atoms with Crippen molar-refractivity contribution in [1.29, 1.82) is 0 Å². The minimum atomic E-state index is 0.218. The zero-order valence-electron chi connectivity index (χ0n) is 11.5. The lowest BCUT2D eigenvalue weighted by Gasteiger charge is -2.21. The number of hydrogen-bond donors (Lipinski definition) is 1. The van der Waals surface area contributed by atoms with Gasteiger partial charge in [0, 0.05) is 31.0 Å². The zero-order valence-corrected chi connectivity index (χ0v) is 11.5. The average molecular weight is 262 g/mol. The molecule has 0 bridgehead atoms. The Kier molecular flexibility index (Phi) is 3.55. The maximum Gasteiger partial charge on any atom is 0.242 e. The number of aromatic nitrogens is 2. The Morgan fingerprint density at radius 1 is 1.47 bits per heavy atom. The van der Waals surface area contributed by atoms with E-state index in [1.165, 1.54) is 25.7 Å². The molecule has 1 N–H and O–H groups in total. The minimum Gasteiger partial charge on any atom is -0.338 e. The largest absolute Gasteiger partial charge is 0.338 e. The highest BCUT2D eigenvalue weighted by molar-refractivity contribution is 5.76. The van der Waals surface area contributed by atoms with Crippen LogP contribution in [0.3, 0.4) is 0 Å². The first kappa shape index (κ1) is 12.7. The van der Waals surface area contributed by atoms with Crippen LogP contribution in [-0.4, -0.2) is 39.0 Å². The van der Waals surface area contributed by atoms with Gasteiger partial charge in [-0.25, -0.2) is 4.98 Å². The second kappa shape index (κ2) is 5.33. The van der Waals surface area contributed by atoms with E-state index in [0.717, 1.165) is 18.9 Å². The molecule has 5 heteroatoms. The molecule has 0 spiro atoms. The molecule has 0 atom stereocenters. The van der Waals surface area contributed by atoms with E-state index in [0.29, 0.717) is 18.6 Å². The summed E-state index contributed by atoms with van der Waals surface area (Å²) in [4.78, 5) is 18.6. The van der Waals surface area contributed by atoms with Crippen LogP contribution in [0.2, 0.25) is 0 Å². The SMILES string of the molecule is CCN(C(=O)Cn1ccnc1CNC1CC1)C1CC1. The van der Waals surface area contributed by atoms with Gasteiger partial charge in [0.05, 0.1) is 6.54 Å². The molecular formula is C14H22N4O. The summed E-state index contributed by atoms with van der Waals surface area (Å²) in [5.41, 5.74) is 0. The number of carbonyl (C=O) groups is 1. The molecule has 2 aliphatic carbocycles. The van der Waals surface area contributed by atoms with Gasteiger partial charge in [0.1, 0.15) is 12.4 Å². The summed E-state index contributed by atoms with van der Waals surface area (Å²) in [6, 6.07) is 1.16. The third-order valence-corrected chi connectivity index (χ3v) is 3.88. The molecule has 1 amide bonds. The Bertz CT molecular complexity index is 448. The smallest absolute Gasteiger partial charge is 0.242 e. The number of carbonyl (C=O) groups excluding carboxylic acids is 1. The van der Waals surface area contributed by atoms with Gasteiger partial charge < -0.3 is 14.8 Å².